The second-order valence-electron chi connectivity index (χ2n) is 7.71. The zero-order chi connectivity index (χ0) is 22.7. The van der Waals surface area contributed by atoms with Gasteiger partial charge in [-0.1, -0.05) is 12.1 Å². The molecule has 1 saturated heterocycles. The maximum atomic E-state index is 13.1. The van der Waals surface area contributed by atoms with Gasteiger partial charge in [0.05, 0.1) is 12.7 Å². The predicted molar refractivity (Wildman–Crippen MR) is 113 cm³/mol. The predicted octanol–water partition coefficient (Wildman–Crippen LogP) is 3.43. The Morgan fingerprint density at radius 2 is 1.81 bits per heavy atom. The molecule has 3 aromatic rings. The topological polar surface area (TPSA) is 63.0 Å². The summed E-state index contributed by atoms with van der Waals surface area (Å²) >= 11 is 0. The molecule has 0 aliphatic carbocycles. The molecular formula is C22H24F3N5O2. The van der Waals surface area contributed by atoms with Crippen molar-refractivity contribution in [2.24, 2.45) is 0 Å². The van der Waals surface area contributed by atoms with E-state index in [0.717, 1.165) is 23.6 Å². The van der Waals surface area contributed by atoms with Crippen LogP contribution in [0.15, 0.2) is 42.6 Å². The van der Waals surface area contributed by atoms with E-state index in [4.69, 9.17) is 4.74 Å². The number of carbonyl (C=O) groups is 1. The lowest BCUT2D eigenvalue weighted by atomic mass is 10.1. The van der Waals surface area contributed by atoms with Gasteiger partial charge < -0.3 is 14.5 Å². The third-order valence-electron chi connectivity index (χ3n) is 5.63. The van der Waals surface area contributed by atoms with Gasteiger partial charge in [-0.3, -0.25) is 9.20 Å². The van der Waals surface area contributed by atoms with E-state index in [1.54, 1.807) is 7.11 Å². The van der Waals surface area contributed by atoms with Crippen LogP contribution >= 0.6 is 0 Å². The second kappa shape index (κ2) is 9.05. The molecule has 0 radical (unpaired) electrons. The number of alkyl halides is 3. The number of pyridine rings is 1. The van der Waals surface area contributed by atoms with Gasteiger partial charge in [-0.25, -0.2) is 0 Å². The van der Waals surface area contributed by atoms with Crippen LogP contribution in [-0.4, -0.2) is 58.7 Å². The van der Waals surface area contributed by atoms with E-state index < -0.39 is 11.7 Å². The molecule has 1 aliphatic rings. The highest BCUT2D eigenvalue weighted by Gasteiger charge is 2.31. The summed E-state index contributed by atoms with van der Waals surface area (Å²) < 4.78 is 45.9. The third-order valence-corrected chi connectivity index (χ3v) is 5.63. The third kappa shape index (κ3) is 4.79. The van der Waals surface area contributed by atoms with Gasteiger partial charge in [-0.05, 0) is 42.7 Å². The molecular weight excluding hydrogens is 423 g/mol. The molecule has 0 N–H and O–H groups in total. The lowest BCUT2D eigenvalue weighted by Crippen LogP contribution is -2.35. The standard InChI is InChI=1S/C22H24F3N5O2/c1-32-18-7-3-16(4-8-18)5-10-20(31)28-11-2-12-29(14-13-28)21-27-26-19-9-6-17(15-30(19)21)22(23,24)25/h3-4,6-9,15H,2,5,10-14H2,1H3. The lowest BCUT2D eigenvalue weighted by Gasteiger charge is -2.22. The minimum Gasteiger partial charge on any atom is -0.497 e. The Kier molecular flexibility index (Phi) is 6.20. The molecule has 3 heterocycles. The fourth-order valence-electron chi connectivity index (χ4n) is 3.83. The number of halogens is 3. The molecule has 1 aromatic carbocycles. The van der Waals surface area contributed by atoms with E-state index in [1.165, 1.54) is 10.5 Å². The Morgan fingerprint density at radius 1 is 1.03 bits per heavy atom. The van der Waals surface area contributed by atoms with Crippen molar-refractivity contribution in [3.8, 4) is 5.75 Å². The number of amides is 1. The summed E-state index contributed by atoms with van der Waals surface area (Å²) in [6, 6.07) is 9.95. The van der Waals surface area contributed by atoms with Gasteiger partial charge in [-0.2, -0.15) is 13.2 Å². The Labute approximate surface area is 183 Å². The largest absolute Gasteiger partial charge is 0.497 e. The number of nitrogens with zero attached hydrogens (tertiary/aromatic N) is 5. The summed E-state index contributed by atoms with van der Waals surface area (Å²) in [5.41, 5.74) is 0.659. The summed E-state index contributed by atoms with van der Waals surface area (Å²) in [5.74, 6) is 1.20. The number of hydrogen-bond donors (Lipinski definition) is 0. The number of aryl methyl sites for hydroxylation is 1. The van der Waals surface area contributed by atoms with Gasteiger partial charge in [0.15, 0.2) is 5.65 Å². The van der Waals surface area contributed by atoms with E-state index in [2.05, 4.69) is 10.2 Å². The molecule has 0 saturated carbocycles. The van der Waals surface area contributed by atoms with Gasteiger partial charge in [0, 0.05) is 38.8 Å². The smallest absolute Gasteiger partial charge is 0.417 e. The molecule has 2 aromatic heterocycles. The maximum absolute atomic E-state index is 13.1. The molecule has 1 fully saturated rings. The fraction of sp³-hybridized carbons (Fsp3) is 0.409. The Bertz CT molecular complexity index is 1080. The van der Waals surface area contributed by atoms with Crippen LogP contribution in [0.4, 0.5) is 19.1 Å². The SMILES string of the molecule is COc1ccc(CCC(=O)N2CCCN(c3nnc4ccc(C(F)(F)F)cn34)CC2)cc1. The summed E-state index contributed by atoms with van der Waals surface area (Å²) in [5, 5.41) is 8.09. The second-order valence-corrected chi connectivity index (χ2v) is 7.71. The van der Waals surface area contributed by atoms with Crippen molar-refractivity contribution >= 4 is 17.5 Å². The van der Waals surface area contributed by atoms with Crippen molar-refractivity contribution < 1.29 is 22.7 Å². The molecule has 1 amide bonds. The average molecular weight is 447 g/mol. The summed E-state index contributed by atoms with van der Waals surface area (Å²) in [7, 11) is 1.61. The van der Waals surface area contributed by atoms with Crippen molar-refractivity contribution in [1.82, 2.24) is 19.5 Å². The summed E-state index contributed by atoms with van der Waals surface area (Å²) in [4.78, 5) is 16.4. The van der Waals surface area contributed by atoms with Crippen LogP contribution in [0.1, 0.15) is 24.0 Å². The van der Waals surface area contributed by atoms with Crippen LogP contribution in [0, 0.1) is 0 Å². The molecule has 0 atom stereocenters. The first-order valence-corrected chi connectivity index (χ1v) is 10.4. The van der Waals surface area contributed by atoms with Crippen LogP contribution < -0.4 is 9.64 Å². The normalized spacial score (nSPS) is 15.1. The highest BCUT2D eigenvalue weighted by atomic mass is 19.4. The molecule has 1 aliphatic heterocycles. The molecule has 32 heavy (non-hydrogen) atoms. The quantitative estimate of drug-likeness (QED) is 0.600. The van der Waals surface area contributed by atoms with Gasteiger partial charge in [0.2, 0.25) is 11.9 Å². The van der Waals surface area contributed by atoms with E-state index >= 15 is 0 Å². The first-order valence-electron chi connectivity index (χ1n) is 10.4. The first kappa shape index (κ1) is 21.9. The zero-order valence-corrected chi connectivity index (χ0v) is 17.7. The Morgan fingerprint density at radius 3 is 2.53 bits per heavy atom. The van der Waals surface area contributed by atoms with Crippen LogP contribution in [0.25, 0.3) is 5.65 Å². The van der Waals surface area contributed by atoms with Crippen LogP contribution in [0.5, 0.6) is 5.75 Å². The highest BCUT2D eigenvalue weighted by molar-refractivity contribution is 5.76. The lowest BCUT2D eigenvalue weighted by molar-refractivity contribution is -0.138. The number of fused-ring (bicyclic) bond motifs is 1. The molecule has 7 nitrogen and oxygen atoms in total. The maximum Gasteiger partial charge on any atom is 0.417 e. The number of anilines is 1. The minimum absolute atomic E-state index is 0.0631. The van der Waals surface area contributed by atoms with Crippen molar-refractivity contribution in [2.75, 3.05) is 38.2 Å². The molecule has 0 spiro atoms. The van der Waals surface area contributed by atoms with Gasteiger partial charge >= 0.3 is 6.18 Å². The fourth-order valence-corrected chi connectivity index (χ4v) is 3.83. The van der Waals surface area contributed by atoms with Gasteiger partial charge in [-0.15, -0.1) is 10.2 Å². The number of aromatic nitrogens is 3. The summed E-state index contributed by atoms with van der Waals surface area (Å²) in [6.07, 6.45) is -1.69. The Hall–Kier alpha value is -3.30. The monoisotopic (exact) mass is 447 g/mol. The number of benzene rings is 1. The molecule has 10 heteroatoms. The summed E-state index contributed by atoms with van der Waals surface area (Å²) in [6.45, 7) is 2.14. The number of methoxy groups -OCH3 is 1. The van der Waals surface area contributed by atoms with E-state index in [1.807, 2.05) is 34.1 Å². The van der Waals surface area contributed by atoms with Crippen LogP contribution in [0.3, 0.4) is 0 Å². The molecule has 0 unspecified atom stereocenters. The average Bonchev–Trinajstić information content (AvgIpc) is 3.05. The van der Waals surface area contributed by atoms with Crippen molar-refractivity contribution in [3.63, 3.8) is 0 Å². The minimum atomic E-state index is -4.44. The Balaban J connectivity index is 1.40. The first-order chi connectivity index (χ1) is 15.3. The van der Waals surface area contributed by atoms with Crippen molar-refractivity contribution in [1.29, 1.82) is 0 Å². The van der Waals surface area contributed by atoms with E-state index in [0.29, 0.717) is 57.0 Å². The molecule has 4 rings (SSSR count). The number of ether oxygens (including phenoxy) is 1. The van der Waals surface area contributed by atoms with Crippen molar-refractivity contribution in [3.05, 3.63) is 53.7 Å². The van der Waals surface area contributed by atoms with Gasteiger partial charge in [0.25, 0.3) is 0 Å². The zero-order valence-electron chi connectivity index (χ0n) is 17.7. The van der Waals surface area contributed by atoms with Crippen molar-refractivity contribution in [2.45, 2.75) is 25.4 Å². The van der Waals surface area contributed by atoms with Crippen LogP contribution in [0.2, 0.25) is 0 Å². The highest BCUT2D eigenvalue weighted by Crippen LogP contribution is 2.30. The number of carbonyl (C=O) groups excluding carboxylic acids is 1. The van der Waals surface area contributed by atoms with E-state index in [-0.39, 0.29) is 5.91 Å². The van der Waals surface area contributed by atoms with Crippen LogP contribution in [-0.2, 0) is 17.4 Å². The van der Waals surface area contributed by atoms with E-state index in [9.17, 15) is 18.0 Å². The number of rotatable bonds is 5. The van der Waals surface area contributed by atoms with Gasteiger partial charge in [0.1, 0.15) is 5.75 Å². The molecule has 170 valence electrons. The number of hydrogen-bond acceptors (Lipinski definition) is 5. The molecule has 0 bridgehead atoms.